The Kier molecular flexibility index (Phi) is 12.4. The average Bonchev–Trinajstić information content (AvgIpc) is 3.04. The molecule has 1 N–H and O–H groups in total. The Hall–Kier alpha value is -3.50. The van der Waals surface area contributed by atoms with Crippen molar-refractivity contribution in [3.8, 4) is 5.75 Å². The summed E-state index contributed by atoms with van der Waals surface area (Å²) in [4.78, 5) is 30.7. The van der Waals surface area contributed by atoms with E-state index in [-0.39, 0.29) is 29.1 Å². The molecule has 1 aliphatic rings. The molecular weight excluding hydrogens is 607 g/mol. The largest absolute Gasteiger partial charge is 0.492 e. The molecule has 242 valence electrons. The summed E-state index contributed by atoms with van der Waals surface area (Å²) in [7, 11) is -4.21. The van der Waals surface area contributed by atoms with Crippen molar-refractivity contribution in [1.82, 2.24) is 10.2 Å². The van der Waals surface area contributed by atoms with Crippen molar-refractivity contribution in [2.75, 3.05) is 23.7 Å². The first-order valence-corrected chi connectivity index (χ1v) is 18.4. The van der Waals surface area contributed by atoms with E-state index < -0.39 is 28.5 Å². The number of amides is 2. The summed E-state index contributed by atoms with van der Waals surface area (Å²) in [5.74, 6) is -0.329. The molecule has 1 fully saturated rings. The van der Waals surface area contributed by atoms with Crippen molar-refractivity contribution in [2.24, 2.45) is 0 Å². The number of nitrogens with one attached hydrogen (secondary N) is 1. The van der Waals surface area contributed by atoms with Crippen LogP contribution in [0.4, 0.5) is 5.69 Å². The lowest BCUT2D eigenvalue weighted by molar-refractivity contribution is -0.140. The maximum absolute atomic E-state index is 14.5. The maximum Gasteiger partial charge on any atom is 0.264 e. The minimum absolute atomic E-state index is 0.0618. The Bertz CT molecular complexity index is 1540. The number of anilines is 1. The zero-order valence-corrected chi connectivity index (χ0v) is 28.3. The topological polar surface area (TPSA) is 96.0 Å². The number of sulfonamides is 1. The SMILES string of the molecule is CCOc1ccccc1N(CC(=O)N(Cc1cccc(C)c1)[C@@H](CC)C(=O)NC1CCCCC1)S(=O)(=O)c1ccc(SC)cc1. The molecule has 0 bridgehead atoms. The number of ether oxygens (including phenoxy) is 1. The standard InChI is InChI=1S/C35H45N3O5S2/c1-5-31(35(40)36-28-15-8-7-9-16-28)37(24-27-14-12-13-26(3)23-27)34(39)25-38(32-17-10-11-18-33(32)43-6-2)45(41,42)30-21-19-29(44-4)20-22-30/h10-14,17-23,28,31H,5-9,15-16,24-25H2,1-4H3,(H,36,40)/t31-/m0/s1. The molecule has 45 heavy (non-hydrogen) atoms. The first-order chi connectivity index (χ1) is 21.7. The minimum Gasteiger partial charge on any atom is -0.492 e. The number of rotatable bonds is 14. The molecule has 0 aromatic heterocycles. The van der Waals surface area contributed by atoms with E-state index in [1.807, 2.05) is 51.3 Å². The number of carbonyl (C=O) groups is 2. The fourth-order valence-electron chi connectivity index (χ4n) is 5.80. The first-order valence-electron chi connectivity index (χ1n) is 15.7. The highest BCUT2D eigenvalue weighted by Crippen LogP contribution is 2.33. The third-order valence-electron chi connectivity index (χ3n) is 8.13. The molecule has 3 aromatic carbocycles. The summed E-state index contributed by atoms with van der Waals surface area (Å²) in [5.41, 5.74) is 2.16. The molecule has 0 radical (unpaired) electrons. The van der Waals surface area contributed by atoms with E-state index in [4.69, 9.17) is 4.74 Å². The van der Waals surface area contributed by atoms with Crippen molar-refractivity contribution in [1.29, 1.82) is 0 Å². The van der Waals surface area contributed by atoms with Gasteiger partial charge in [-0.1, -0.05) is 68.1 Å². The van der Waals surface area contributed by atoms with Crippen molar-refractivity contribution >= 4 is 39.3 Å². The zero-order valence-electron chi connectivity index (χ0n) is 26.7. The molecular formula is C35H45N3O5S2. The Balaban J connectivity index is 1.75. The fourth-order valence-corrected chi connectivity index (χ4v) is 7.63. The van der Waals surface area contributed by atoms with Gasteiger partial charge in [-0.25, -0.2) is 8.42 Å². The summed E-state index contributed by atoms with van der Waals surface area (Å²) < 4.78 is 35.5. The summed E-state index contributed by atoms with van der Waals surface area (Å²) in [6, 6.07) is 20.5. The second kappa shape index (κ2) is 16.2. The second-order valence-corrected chi connectivity index (χ2v) is 14.1. The molecule has 8 nitrogen and oxygen atoms in total. The number of hydrogen-bond acceptors (Lipinski definition) is 6. The van der Waals surface area contributed by atoms with Crippen LogP contribution in [-0.4, -0.2) is 56.6 Å². The summed E-state index contributed by atoms with van der Waals surface area (Å²) in [6.07, 6.45) is 7.44. The van der Waals surface area contributed by atoms with Crippen LogP contribution in [0, 0.1) is 6.92 Å². The van der Waals surface area contributed by atoms with E-state index >= 15 is 0 Å². The van der Waals surface area contributed by atoms with Gasteiger partial charge in [-0.05, 0) is 81.3 Å². The number of benzene rings is 3. The predicted octanol–water partition coefficient (Wildman–Crippen LogP) is 6.57. The number of thioether (sulfide) groups is 1. The Morgan fingerprint density at radius 2 is 1.69 bits per heavy atom. The van der Waals surface area contributed by atoms with E-state index in [1.54, 1.807) is 48.5 Å². The normalized spacial score (nSPS) is 14.4. The van der Waals surface area contributed by atoms with Crippen molar-refractivity contribution in [3.05, 3.63) is 83.9 Å². The van der Waals surface area contributed by atoms with Gasteiger partial charge >= 0.3 is 0 Å². The number of nitrogens with zero attached hydrogens (tertiary/aromatic N) is 2. The maximum atomic E-state index is 14.5. The van der Waals surface area contributed by atoms with Gasteiger partial charge in [0.2, 0.25) is 11.8 Å². The van der Waals surface area contributed by atoms with Gasteiger partial charge in [0.15, 0.2) is 0 Å². The Morgan fingerprint density at radius 3 is 2.33 bits per heavy atom. The summed E-state index contributed by atoms with van der Waals surface area (Å²) in [6.45, 7) is 5.66. The monoisotopic (exact) mass is 651 g/mol. The van der Waals surface area contributed by atoms with Gasteiger partial charge in [-0.3, -0.25) is 13.9 Å². The highest BCUT2D eigenvalue weighted by molar-refractivity contribution is 7.98. The van der Waals surface area contributed by atoms with E-state index in [0.717, 1.165) is 52.4 Å². The van der Waals surface area contributed by atoms with Crippen LogP contribution < -0.4 is 14.4 Å². The van der Waals surface area contributed by atoms with Crippen LogP contribution in [0.25, 0.3) is 0 Å². The lowest BCUT2D eigenvalue weighted by Crippen LogP contribution is -2.54. The van der Waals surface area contributed by atoms with E-state index in [9.17, 15) is 18.0 Å². The van der Waals surface area contributed by atoms with Crippen LogP contribution in [0.5, 0.6) is 5.75 Å². The molecule has 10 heteroatoms. The van der Waals surface area contributed by atoms with E-state index in [1.165, 1.54) is 16.7 Å². The van der Waals surface area contributed by atoms with Gasteiger partial charge in [-0.2, -0.15) is 0 Å². The van der Waals surface area contributed by atoms with Crippen molar-refractivity contribution in [2.45, 2.75) is 87.7 Å². The molecule has 1 aliphatic carbocycles. The average molecular weight is 652 g/mol. The molecule has 3 aromatic rings. The number of carbonyl (C=O) groups excluding carboxylic acids is 2. The van der Waals surface area contributed by atoms with Gasteiger partial charge in [0, 0.05) is 17.5 Å². The molecule has 1 saturated carbocycles. The van der Waals surface area contributed by atoms with E-state index in [2.05, 4.69) is 5.32 Å². The van der Waals surface area contributed by atoms with Gasteiger partial charge in [0.25, 0.3) is 10.0 Å². The molecule has 4 rings (SSSR count). The number of para-hydroxylation sites is 2. The smallest absolute Gasteiger partial charge is 0.264 e. The predicted molar refractivity (Wildman–Crippen MR) is 181 cm³/mol. The van der Waals surface area contributed by atoms with Crippen molar-refractivity contribution in [3.63, 3.8) is 0 Å². The highest BCUT2D eigenvalue weighted by Gasteiger charge is 2.35. The first kappa shape index (κ1) is 34.4. The van der Waals surface area contributed by atoms with E-state index in [0.29, 0.717) is 18.8 Å². The summed E-state index contributed by atoms with van der Waals surface area (Å²) >= 11 is 1.51. The molecule has 0 saturated heterocycles. The third kappa shape index (κ3) is 8.82. The van der Waals surface area contributed by atoms with Crippen molar-refractivity contribution < 1.29 is 22.7 Å². The van der Waals surface area contributed by atoms with Gasteiger partial charge in [-0.15, -0.1) is 11.8 Å². The molecule has 0 heterocycles. The van der Waals surface area contributed by atoms with Gasteiger partial charge in [0.05, 0.1) is 17.2 Å². The van der Waals surface area contributed by atoms with Crippen LogP contribution in [0.3, 0.4) is 0 Å². The summed E-state index contributed by atoms with van der Waals surface area (Å²) in [5, 5.41) is 3.19. The lowest BCUT2D eigenvalue weighted by atomic mass is 9.95. The molecule has 1 atom stereocenters. The Morgan fingerprint density at radius 1 is 0.978 bits per heavy atom. The van der Waals surface area contributed by atoms with Crippen LogP contribution in [0.2, 0.25) is 0 Å². The van der Waals surface area contributed by atoms with Crippen LogP contribution in [0.1, 0.15) is 63.5 Å². The van der Waals surface area contributed by atoms with Gasteiger partial charge < -0.3 is 15.0 Å². The molecule has 0 unspecified atom stereocenters. The third-order valence-corrected chi connectivity index (χ3v) is 10.7. The minimum atomic E-state index is -4.21. The second-order valence-electron chi connectivity index (χ2n) is 11.4. The highest BCUT2D eigenvalue weighted by atomic mass is 32.2. The zero-order chi connectivity index (χ0) is 32.4. The fraction of sp³-hybridized carbons (Fsp3) is 0.429. The number of aryl methyl sites for hydroxylation is 1. The van der Waals surface area contributed by atoms with Crippen LogP contribution >= 0.6 is 11.8 Å². The molecule has 2 amide bonds. The van der Waals surface area contributed by atoms with Crippen LogP contribution in [0.15, 0.2) is 82.6 Å². The Labute approximate surface area is 272 Å². The molecule has 0 aliphatic heterocycles. The van der Waals surface area contributed by atoms with Crippen LogP contribution in [-0.2, 0) is 26.2 Å². The quantitative estimate of drug-likeness (QED) is 0.198. The lowest BCUT2D eigenvalue weighted by Gasteiger charge is -2.34. The van der Waals surface area contributed by atoms with Gasteiger partial charge in [0.1, 0.15) is 18.3 Å². The number of hydrogen-bond donors (Lipinski definition) is 1. The molecule has 0 spiro atoms.